The van der Waals surface area contributed by atoms with Crippen LogP contribution in [0.4, 0.5) is 0 Å². The highest BCUT2D eigenvalue weighted by Gasteiger charge is 2.30. The molecule has 0 radical (unpaired) electrons. The predicted molar refractivity (Wildman–Crippen MR) is 59.4 cm³/mol. The quantitative estimate of drug-likeness (QED) is 0.729. The van der Waals surface area contributed by atoms with Crippen LogP contribution in [0.25, 0.3) is 0 Å². The maximum Gasteiger partial charge on any atom is 0.235 e. The smallest absolute Gasteiger partial charge is 0.235 e. The Balaban J connectivity index is 2.66. The summed E-state index contributed by atoms with van der Waals surface area (Å²) in [5.74, 6) is 0.186. The molecule has 1 fully saturated rings. The second-order valence-electron chi connectivity index (χ2n) is 4.07. The van der Waals surface area contributed by atoms with Crippen LogP contribution in [-0.4, -0.2) is 43.2 Å². The van der Waals surface area contributed by atoms with E-state index < -0.39 is 0 Å². The van der Waals surface area contributed by atoms with Crippen molar-refractivity contribution in [2.24, 2.45) is 11.7 Å². The average Bonchev–Trinajstić information content (AvgIpc) is 2.26. The number of rotatable bonds is 5. The van der Waals surface area contributed by atoms with Gasteiger partial charge in [0.2, 0.25) is 5.91 Å². The van der Waals surface area contributed by atoms with Crippen LogP contribution in [0.15, 0.2) is 0 Å². The van der Waals surface area contributed by atoms with Gasteiger partial charge in [0.15, 0.2) is 0 Å². The first-order chi connectivity index (χ1) is 7.20. The monoisotopic (exact) mass is 214 g/mol. The normalized spacial score (nSPS) is 20.5. The standard InChI is InChI=1S/C11H22N2O2/c1-3-9(4-2)10(11(12)14)13-5-7-15-8-6-13/h9-10H,3-8H2,1-2H3,(H2,12,14). The molecule has 0 aliphatic carbocycles. The third-order valence-electron chi connectivity index (χ3n) is 3.23. The molecule has 0 aromatic heterocycles. The average molecular weight is 214 g/mol. The number of nitrogens with two attached hydrogens (primary N) is 1. The van der Waals surface area contributed by atoms with E-state index in [0.717, 1.165) is 25.9 Å². The first-order valence-electron chi connectivity index (χ1n) is 5.81. The Morgan fingerprint density at radius 1 is 1.33 bits per heavy atom. The van der Waals surface area contributed by atoms with E-state index in [1.165, 1.54) is 0 Å². The Kier molecular flexibility index (Phi) is 5.05. The van der Waals surface area contributed by atoms with Gasteiger partial charge in [0.05, 0.1) is 19.3 Å². The molecule has 1 rings (SSSR count). The molecule has 0 bridgehead atoms. The Morgan fingerprint density at radius 3 is 2.27 bits per heavy atom. The molecule has 1 aliphatic rings. The summed E-state index contributed by atoms with van der Waals surface area (Å²) >= 11 is 0. The number of hydrogen-bond donors (Lipinski definition) is 1. The molecule has 88 valence electrons. The number of amides is 1. The van der Waals surface area contributed by atoms with Crippen molar-refractivity contribution in [2.45, 2.75) is 32.7 Å². The molecule has 15 heavy (non-hydrogen) atoms. The number of hydrogen-bond acceptors (Lipinski definition) is 3. The predicted octanol–water partition coefficient (Wildman–Crippen LogP) is 0.609. The molecule has 4 nitrogen and oxygen atoms in total. The lowest BCUT2D eigenvalue weighted by atomic mass is 9.92. The third-order valence-corrected chi connectivity index (χ3v) is 3.23. The Labute approximate surface area is 91.8 Å². The van der Waals surface area contributed by atoms with Gasteiger partial charge < -0.3 is 10.5 Å². The zero-order valence-corrected chi connectivity index (χ0v) is 9.74. The molecule has 0 spiro atoms. The van der Waals surface area contributed by atoms with Gasteiger partial charge >= 0.3 is 0 Å². The van der Waals surface area contributed by atoms with Crippen LogP contribution < -0.4 is 5.73 Å². The fourth-order valence-electron chi connectivity index (χ4n) is 2.30. The minimum atomic E-state index is -0.189. The molecular weight excluding hydrogens is 192 g/mol. The Morgan fingerprint density at radius 2 is 1.87 bits per heavy atom. The second-order valence-corrected chi connectivity index (χ2v) is 4.07. The number of primary amides is 1. The number of carbonyl (C=O) groups is 1. The van der Waals surface area contributed by atoms with E-state index in [-0.39, 0.29) is 11.9 Å². The van der Waals surface area contributed by atoms with Gasteiger partial charge in [-0.1, -0.05) is 26.7 Å². The van der Waals surface area contributed by atoms with E-state index in [1.807, 2.05) is 0 Å². The number of ether oxygens (including phenoxy) is 1. The van der Waals surface area contributed by atoms with E-state index in [0.29, 0.717) is 19.1 Å². The first kappa shape index (κ1) is 12.5. The van der Waals surface area contributed by atoms with Gasteiger partial charge in [-0.15, -0.1) is 0 Å². The second kappa shape index (κ2) is 6.08. The van der Waals surface area contributed by atoms with Crippen LogP contribution in [0, 0.1) is 5.92 Å². The summed E-state index contributed by atoms with van der Waals surface area (Å²) in [5, 5.41) is 0. The van der Waals surface area contributed by atoms with E-state index in [2.05, 4.69) is 18.7 Å². The lowest BCUT2D eigenvalue weighted by Gasteiger charge is -2.36. The fraction of sp³-hybridized carbons (Fsp3) is 0.909. The van der Waals surface area contributed by atoms with E-state index in [9.17, 15) is 4.79 Å². The molecule has 0 saturated carbocycles. The number of morpholine rings is 1. The lowest BCUT2D eigenvalue weighted by molar-refractivity contribution is -0.127. The topological polar surface area (TPSA) is 55.6 Å². The highest BCUT2D eigenvalue weighted by atomic mass is 16.5. The summed E-state index contributed by atoms with van der Waals surface area (Å²) in [7, 11) is 0. The van der Waals surface area contributed by atoms with Crippen molar-refractivity contribution in [1.29, 1.82) is 0 Å². The first-order valence-corrected chi connectivity index (χ1v) is 5.81. The number of carbonyl (C=O) groups excluding carboxylic acids is 1. The molecule has 4 heteroatoms. The van der Waals surface area contributed by atoms with Crippen molar-refractivity contribution >= 4 is 5.91 Å². The molecule has 1 aliphatic heterocycles. The van der Waals surface area contributed by atoms with Gasteiger partial charge in [-0.2, -0.15) is 0 Å². The molecule has 1 atom stereocenters. The molecule has 1 amide bonds. The van der Waals surface area contributed by atoms with Crippen molar-refractivity contribution in [1.82, 2.24) is 4.90 Å². The summed E-state index contributed by atoms with van der Waals surface area (Å²) in [5.41, 5.74) is 5.50. The summed E-state index contributed by atoms with van der Waals surface area (Å²) in [6, 6.07) is -0.108. The van der Waals surface area contributed by atoms with Crippen LogP contribution >= 0.6 is 0 Å². The van der Waals surface area contributed by atoms with Gasteiger partial charge in [0.1, 0.15) is 0 Å². The van der Waals surface area contributed by atoms with Gasteiger partial charge in [0, 0.05) is 13.1 Å². The number of nitrogens with zero attached hydrogens (tertiary/aromatic N) is 1. The van der Waals surface area contributed by atoms with Crippen molar-refractivity contribution < 1.29 is 9.53 Å². The summed E-state index contributed by atoms with van der Waals surface area (Å²) in [6.45, 7) is 7.30. The van der Waals surface area contributed by atoms with Crippen molar-refractivity contribution in [3.05, 3.63) is 0 Å². The SMILES string of the molecule is CCC(CC)C(C(N)=O)N1CCOCC1. The molecule has 2 N–H and O–H groups in total. The summed E-state index contributed by atoms with van der Waals surface area (Å²) in [6.07, 6.45) is 2.00. The summed E-state index contributed by atoms with van der Waals surface area (Å²) in [4.78, 5) is 13.7. The van der Waals surface area contributed by atoms with E-state index in [4.69, 9.17) is 10.5 Å². The van der Waals surface area contributed by atoms with Crippen LogP contribution in [-0.2, 0) is 9.53 Å². The minimum absolute atomic E-state index is 0.108. The largest absolute Gasteiger partial charge is 0.379 e. The molecule has 1 saturated heterocycles. The van der Waals surface area contributed by atoms with Gasteiger partial charge in [-0.3, -0.25) is 9.69 Å². The summed E-state index contributed by atoms with van der Waals surface area (Å²) < 4.78 is 5.28. The molecule has 0 aromatic rings. The van der Waals surface area contributed by atoms with Crippen LogP contribution in [0.5, 0.6) is 0 Å². The van der Waals surface area contributed by atoms with Crippen LogP contribution in [0.2, 0.25) is 0 Å². The molecule has 1 heterocycles. The van der Waals surface area contributed by atoms with Crippen molar-refractivity contribution in [3.63, 3.8) is 0 Å². The zero-order valence-electron chi connectivity index (χ0n) is 9.74. The van der Waals surface area contributed by atoms with Gasteiger partial charge in [-0.25, -0.2) is 0 Å². The lowest BCUT2D eigenvalue weighted by Crippen LogP contribution is -2.53. The van der Waals surface area contributed by atoms with E-state index >= 15 is 0 Å². The van der Waals surface area contributed by atoms with Gasteiger partial charge in [-0.05, 0) is 5.92 Å². The Hall–Kier alpha value is -0.610. The highest BCUT2D eigenvalue weighted by Crippen LogP contribution is 2.19. The highest BCUT2D eigenvalue weighted by molar-refractivity contribution is 5.80. The van der Waals surface area contributed by atoms with Gasteiger partial charge in [0.25, 0.3) is 0 Å². The third kappa shape index (κ3) is 3.18. The molecular formula is C11H22N2O2. The minimum Gasteiger partial charge on any atom is -0.379 e. The van der Waals surface area contributed by atoms with E-state index in [1.54, 1.807) is 0 Å². The fourth-order valence-corrected chi connectivity index (χ4v) is 2.30. The van der Waals surface area contributed by atoms with Crippen molar-refractivity contribution in [3.8, 4) is 0 Å². The van der Waals surface area contributed by atoms with Crippen LogP contribution in [0.1, 0.15) is 26.7 Å². The van der Waals surface area contributed by atoms with Crippen LogP contribution in [0.3, 0.4) is 0 Å². The maximum absolute atomic E-state index is 11.5. The zero-order chi connectivity index (χ0) is 11.3. The molecule has 1 unspecified atom stereocenters. The Bertz CT molecular complexity index is 199. The molecule has 0 aromatic carbocycles. The maximum atomic E-state index is 11.5. The van der Waals surface area contributed by atoms with Crippen molar-refractivity contribution in [2.75, 3.05) is 26.3 Å².